The van der Waals surface area contributed by atoms with Crippen LogP contribution in [-0.4, -0.2) is 42.0 Å². The molecule has 1 aromatic rings. The van der Waals surface area contributed by atoms with Crippen molar-refractivity contribution in [2.75, 3.05) is 31.9 Å². The molecule has 0 radical (unpaired) electrons. The van der Waals surface area contributed by atoms with Crippen LogP contribution in [0, 0.1) is 0 Å². The van der Waals surface area contributed by atoms with Crippen LogP contribution in [0.4, 0.5) is 5.69 Å². The summed E-state index contributed by atoms with van der Waals surface area (Å²) >= 11 is 6.22. The Bertz CT molecular complexity index is 408. The molecule has 4 heteroatoms. The Morgan fingerprint density at radius 3 is 2.83 bits per heavy atom. The van der Waals surface area contributed by atoms with E-state index in [1.165, 1.54) is 0 Å². The fraction of sp³-hybridized carbons (Fsp3) is 0.571. The maximum atomic E-state index is 6.22. The van der Waals surface area contributed by atoms with E-state index in [0.29, 0.717) is 6.04 Å². The predicted octanol–water partition coefficient (Wildman–Crippen LogP) is 2.45. The number of nitrogens with two attached hydrogens (primary N) is 1. The van der Waals surface area contributed by atoms with Crippen molar-refractivity contribution in [3.05, 3.63) is 28.8 Å². The second-order valence-electron chi connectivity index (χ2n) is 5.06. The smallest absolute Gasteiger partial charge is 0.0452 e. The molecule has 2 N–H and O–H groups in total. The first-order valence-corrected chi connectivity index (χ1v) is 6.98. The van der Waals surface area contributed by atoms with Crippen molar-refractivity contribution in [2.24, 2.45) is 0 Å². The number of hydrogen-bond donors (Lipinski definition) is 1. The highest BCUT2D eigenvalue weighted by Gasteiger charge is 2.22. The molecule has 1 atom stereocenters. The van der Waals surface area contributed by atoms with Gasteiger partial charge in [-0.05, 0) is 37.2 Å². The maximum absolute atomic E-state index is 6.22. The first-order chi connectivity index (χ1) is 8.60. The Morgan fingerprint density at radius 2 is 2.17 bits per heavy atom. The van der Waals surface area contributed by atoms with Gasteiger partial charge in [-0.1, -0.05) is 18.5 Å². The van der Waals surface area contributed by atoms with Gasteiger partial charge >= 0.3 is 0 Å². The van der Waals surface area contributed by atoms with Crippen molar-refractivity contribution in [2.45, 2.75) is 26.4 Å². The van der Waals surface area contributed by atoms with Gasteiger partial charge in [-0.25, -0.2) is 0 Å². The Hall–Kier alpha value is -0.770. The van der Waals surface area contributed by atoms with Crippen LogP contribution in [0.1, 0.15) is 19.4 Å². The highest BCUT2D eigenvalue weighted by Crippen LogP contribution is 2.21. The molecule has 0 aromatic heterocycles. The molecule has 1 aliphatic rings. The zero-order valence-electron chi connectivity index (χ0n) is 11.2. The molecular weight excluding hydrogens is 246 g/mol. The van der Waals surface area contributed by atoms with Crippen LogP contribution in [0.5, 0.6) is 0 Å². The lowest BCUT2D eigenvalue weighted by Gasteiger charge is -2.39. The summed E-state index contributed by atoms with van der Waals surface area (Å²) in [7, 11) is 0. The van der Waals surface area contributed by atoms with Crippen LogP contribution in [0.15, 0.2) is 18.2 Å². The van der Waals surface area contributed by atoms with E-state index in [4.69, 9.17) is 17.3 Å². The summed E-state index contributed by atoms with van der Waals surface area (Å²) in [6.07, 6.45) is 0. The molecule has 1 saturated heterocycles. The fourth-order valence-electron chi connectivity index (χ4n) is 2.64. The molecule has 0 spiro atoms. The summed E-state index contributed by atoms with van der Waals surface area (Å²) in [6.45, 7) is 9.87. The third-order valence-electron chi connectivity index (χ3n) is 3.72. The molecule has 100 valence electrons. The van der Waals surface area contributed by atoms with Gasteiger partial charge in [0.25, 0.3) is 0 Å². The first kappa shape index (κ1) is 13.7. The van der Waals surface area contributed by atoms with E-state index < -0.39 is 0 Å². The van der Waals surface area contributed by atoms with Crippen LogP contribution in [-0.2, 0) is 6.54 Å². The Morgan fingerprint density at radius 1 is 1.39 bits per heavy atom. The van der Waals surface area contributed by atoms with Crippen LogP contribution < -0.4 is 5.73 Å². The minimum atomic E-state index is 0.614. The van der Waals surface area contributed by atoms with Crippen molar-refractivity contribution in [1.82, 2.24) is 9.80 Å². The highest BCUT2D eigenvalue weighted by molar-refractivity contribution is 6.31. The lowest BCUT2D eigenvalue weighted by molar-refractivity contribution is 0.0835. The molecule has 18 heavy (non-hydrogen) atoms. The van der Waals surface area contributed by atoms with Crippen LogP contribution in [0.2, 0.25) is 5.02 Å². The molecule has 1 aromatic carbocycles. The summed E-state index contributed by atoms with van der Waals surface area (Å²) in [4.78, 5) is 4.97. The van der Waals surface area contributed by atoms with Crippen molar-refractivity contribution in [3.8, 4) is 0 Å². The third-order valence-corrected chi connectivity index (χ3v) is 4.09. The molecule has 0 bridgehead atoms. The molecular formula is C14H22ClN3. The van der Waals surface area contributed by atoms with Crippen molar-refractivity contribution in [1.29, 1.82) is 0 Å². The third kappa shape index (κ3) is 3.16. The SMILES string of the molecule is CCN1CCN(Cc2cc(N)ccc2Cl)CC1C. The van der Waals surface area contributed by atoms with Crippen molar-refractivity contribution >= 4 is 17.3 Å². The van der Waals surface area contributed by atoms with E-state index in [2.05, 4.69) is 23.6 Å². The zero-order chi connectivity index (χ0) is 13.1. The van der Waals surface area contributed by atoms with E-state index in [1.807, 2.05) is 18.2 Å². The summed E-state index contributed by atoms with van der Waals surface area (Å²) in [5, 5.41) is 0.815. The molecule has 0 saturated carbocycles. The molecule has 1 heterocycles. The van der Waals surface area contributed by atoms with Gasteiger partial charge in [0.2, 0.25) is 0 Å². The van der Waals surface area contributed by atoms with Gasteiger partial charge < -0.3 is 5.73 Å². The molecule has 1 unspecified atom stereocenters. The number of nitrogen functional groups attached to an aromatic ring is 1. The Kier molecular flexibility index (Phi) is 4.49. The monoisotopic (exact) mass is 267 g/mol. The Balaban J connectivity index is 2.00. The van der Waals surface area contributed by atoms with Gasteiger partial charge in [-0.2, -0.15) is 0 Å². The lowest BCUT2D eigenvalue weighted by atomic mass is 10.1. The molecule has 0 aliphatic carbocycles. The minimum absolute atomic E-state index is 0.614. The van der Waals surface area contributed by atoms with Gasteiger partial charge in [0.15, 0.2) is 0 Å². The molecule has 3 nitrogen and oxygen atoms in total. The number of anilines is 1. The predicted molar refractivity (Wildman–Crippen MR) is 77.9 cm³/mol. The van der Waals surface area contributed by atoms with E-state index >= 15 is 0 Å². The topological polar surface area (TPSA) is 32.5 Å². The Labute approximate surface area is 115 Å². The molecule has 2 rings (SSSR count). The average molecular weight is 268 g/mol. The number of hydrogen-bond acceptors (Lipinski definition) is 3. The standard InChI is InChI=1S/C14H22ClN3/c1-3-18-7-6-17(9-11(18)2)10-12-8-13(16)4-5-14(12)15/h4-5,8,11H,3,6-7,9-10,16H2,1-2H3. The van der Waals surface area contributed by atoms with Crippen LogP contribution in [0.25, 0.3) is 0 Å². The van der Waals surface area contributed by atoms with Gasteiger partial charge in [-0.15, -0.1) is 0 Å². The summed E-state index contributed by atoms with van der Waals surface area (Å²) in [5.74, 6) is 0. The van der Waals surface area contributed by atoms with Gasteiger partial charge in [-0.3, -0.25) is 9.80 Å². The van der Waals surface area contributed by atoms with Crippen molar-refractivity contribution in [3.63, 3.8) is 0 Å². The first-order valence-electron chi connectivity index (χ1n) is 6.60. The second kappa shape index (κ2) is 5.91. The van der Waals surface area contributed by atoms with Gasteiger partial charge in [0.1, 0.15) is 0 Å². The second-order valence-corrected chi connectivity index (χ2v) is 5.47. The van der Waals surface area contributed by atoms with Gasteiger partial charge in [0, 0.05) is 42.9 Å². The number of halogens is 1. The van der Waals surface area contributed by atoms with Crippen LogP contribution in [0.3, 0.4) is 0 Å². The average Bonchev–Trinajstić information content (AvgIpc) is 2.34. The normalized spacial score (nSPS) is 22.3. The number of piperazine rings is 1. The number of likely N-dealkylation sites (N-methyl/N-ethyl adjacent to an activating group) is 1. The summed E-state index contributed by atoms with van der Waals surface area (Å²) in [6, 6.07) is 6.34. The number of nitrogens with zero attached hydrogens (tertiary/aromatic N) is 2. The van der Waals surface area contributed by atoms with E-state index in [0.717, 1.165) is 49.0 Å². The quantitative estimate of drug-likeness (QED) is 0.854. The zero-order valence-corrected chi connectivity index (χ0v) is 12.0. The fourth-order valence-corrected chi connectivity index (χ4v) is 2.82. The minimum Gasteiger partial charge on any atom is -0.399 e. The molecule has 1 aliphatic heterocycles. The number of benzene rings is 1. The van der Waals surface area contributed by atoms with E-state index in [9.17, 15) is 0 Å². The highest BCUT2D eigenvalue weighted by atomic mass is 35.5. The van der Waals surface area contributed by atoms with E-state index in [1.54, 1.807) is 0 Å². The lowest BCUT2D eigenvalue weighted by Crippen LogP contribution is -2.51. The van der Waals surface area contributed by atoms with Crippen LogP contribution >= 0.6 is 11.6 Å². The summed E-state index contributed by atoms with van der Waals surface area (Å²) < 4.78 is 0. The molecule has 0 amide bonds. The van der Waals surface area contributed by atoms with Crippen molar-refractivity contribution < 1.29 is 0 Å². The van der Waals surface area contributed by atoms with E-state index in [-0.39, 0.29) is 0 Å². The molecule has 1 fully saturated rings. The maximum Gasteiger partial charge on any atom is 0.0452 e. The largest absolute Gasteiger partial charge is 0.399 e. The number of rotatable bonds is 3. The summed E-state index contributed by atoms with van der Waals surface area (Å²) in [5.41, 5.74) is 7.74. The van der Waals surface area contributed by atoms with Gasteiger partial charge in [0.05, 0.1) is 0 Å².